The molecular weight excluding hydrogens is 326 g/mol. The van der Waals surface area contributed by atoms with Crippen LogP contribution in [0.5, 0.6) is 0 Å². The van der Waals surface area contributed by atoms with Crippen molar-refractivity contribution in [1.82, 2.24) is 5.32 Å². The van der Waals surface area contributed by atoms with Crippen molar-refractivity contribution in [1.29, 1.82) is 0 Å². The number of esters is 1. The van der Waals surface area contributed by atoms with E-state index in [0.717, 1.165) is 14.5 Å². The first-order valence-corrected chi connectivity index (χ1v) is 5.88. The van der Waals surface area contributed by atoms with Gasteiger partial charge in [-0.05, 0) is 56.6 Å². The fourth-order valence-corrected chi connectivity index (χ4v) is 1.87. The fraction of sp³-hybridized carbons (Fsp3) is 0.300. The molecule has 0 aliphatic carbocycles. The molecule has 5 heteroatoms. The molecule has 0 saturated heterocycles. The third-order valence-electron chi connectivity index (χ3n) is 2.00. The number of hydrogen-bond donors (Lipinski definition) is 1. The van der Waals surface area contributed by atoms with Gasteiger partial charge in [-0.1, -0.05) is 6.07 Å². The maximum Gasteiger partial charge on any atom is 0.327 e. The Hall–Kier alpha value is -0.390. The van der Waals surface area contributed by atoms with E-state index in [0.29, 0.717) is 0 Å². The summed E-state index contributed by atoms with van der Waals surface area (Å²) in [5, 5.41) is 2.91. The van der Waals surface area contributed by atoms with E-state index in [-0.39, 0.29) is 5.97 Å². The number of hydrogen-bond acceptors (Lipinski definition) is 3. The zero-order chi connectivity index (χ0) is 11.4. The molecule has 0 aliphatic rings. The summed E-state index contributed by atoms with van der Waals surface area (Å²) >= 11 is 6.76. The molecule has 0 bridgehead atoms. The standard InChI is InChI=1S/C10H11Br2NO2/c1-13-9(10(14)15-2)6-3-4-7(11)8(12)5-6/h3-5,9,13H,1-2H3. The van der Waals surface area contributed by atoms with E-state index in [1.54, 1.807) is 7.05 Å². The van der Waals surface area contributed by atoms with Crippen molar-refractivity contribution in [2.45, 2.75) is 6.04 Å². The van der Waals surface area contributed by atoms with Crippen molar-refractivity contribution in [2.24, 2.45) is 0 Å². The first kappa shape index (κ1) is 12.7. The van der Waals surface area contributed by atoms with Crippen LogP contribution in [-0.2, 0) is 9.53 Å². The predicted molar refractivity (Wildman–Crippen MR) is 65.7 cm³/mol. The lowest BCUT2D eigenvalue weighted by Gasteiger charge is -2.14. The van der Waals surface area contributed by atoms with Gasteiger partial charge in [0.15, 0.2) is 0 Å². The second-order valence-electron chi connectivity index (χ2n) is 2.92. The Morgan fingerprint density at radius 1 is 1.40 bits per heavy atom. The van der Waals surface area contributed by atoms with Gasteiger partial charge in [0.25, 0.3) is 0 Å². The molecule has 0 saturated carbocycles. The minimum atomic E-state index is -0.431. The first-order valence-electron chi connectivity index (χ1n) is 4.30. The van der Waals surface area contributed by atoms with Gasteiger partial charge in [-0.15, -0.1) is 0 Å². The first-order chi connectivity index (χ1) is 7.10. The normalized spacial score (nSPS) is 12.3. The van der Waals surface area contributed by atoms with E-state index >= 15 is 0 Å². The van der Waals surface area contributed by atoms with Gasteiger partial charge in [0.1, 0.15) is 6.04 Å². The number of likely N-dealkylation sites (N-methyl/N-ethyl adjacent to an activating group) is 1. The summed E-state index contributed by atoms with van der Waals surface area (Å²) in [4.78, 5) is 11.4. The van der Waals surface area contributed by atoms with Crippen LogP contribution in [0.4, 0.5) is 0 Å². The topological polar surface area (TPSA) is 38.3 Å². The largest absolute Gasteiger partial charge is 0.468 e. The van der Waals surface area contributed by atoms with Crippen LogP contribution >= 0.6 is 31.9 Å². The molecule has 82 valence electrons. The van der Waals surface area contributed by atoms with E-state index in [1.807, 2.05) is 18.2 Å². The van der Waals surface area contributed by atoms with Gasteiger partial charge in [0, 0.05) is 8.95 Å². The van der Waals surface area contributed by atoms with Crippen molar-refractivity contribution in [3.05, 3.63) is 32.7 Å². The SMILES string of the molecule is CNC(C(=O)OC)c1ccc(Br)c(Br)c1. The van der Waals surface area contributed by atoms with Gasteiger partial charge in [0.05, 0.1) is 7.11 Å². The molecule has 0 amide bonds. The predicted octanol–water partition coefficient (Wildman–Crippen LogP) is 2.65. The van der Waals surface area contributed by atoms with Gasteiger partial charge in [-0.25, -0.2) is 4.79 Å². The maximum atomic E-state index is 11.4. The fourth-order valence-electron chi connectivity index (χ4n) is 1.23. The number of carbonyl (C=O) groups is 1. The minimum Gasteiger partial charge on any atom is -0.468 e. The molecule has 1 N–H and O–H groups in total. The molecule has 0 aliphatic heterocycles. The van der Waals surface area contributed by atoms with Crippen LogP contribution in [-0.4, -0.2) is 20.1 Å². The molecule has 15 heavy (non-hydrogen) atoms. The van der Waals surface area contributed by atoms with Gasteiger partial charge in [-0.3, -0.25) is 0 Å². The highest BCUT2D eigenvalue weighted by Gasteiger charge is 2.19. The van der Waals surface area contributed by atoms with Gasteiger partial charge < -0.3 is 10.1 Å². The smallest absolute Gasteiger partial charge is 0.327 e. The summed E-state index contributed by atoms with van der Waals surface area (Å²) in [5.74, 6) is -0.299. The number of halogens is 2. The lowest BCUT2D eigenvalue weighted by Crippen LogP contribution is -2.26. The molecular formula is C10H11Br2NO2. The van der Waals surface area contributed by atoms with Crippen LogP contribution in [0.3, 0.4) is 0 Å². The van der Waals surface area contributed by atoms with Crippen molar-refractivity contribution in [3.63, 3.8) is 0 Å². The highest BCUT2D eigenvalue weighted by molar-refractivity contribution is 9.13. The summed E-state index contributed by atoms with van der Waals surface area (Å²) in [7, 11) is 3.10. The van der Waals surface area contributed by atoms with Crippen LogP contribution in [0.25, 0.3) is 0 Å². The molecule has 0 radical (unpaired) electrons. The minimum absolute atomic E-state index is 0.299. The molecule has 3 nitrogen and oxygen atoms in total. The lowest BCUT2D eigenvalue weighted by atomic mass is 10.1. The number of rotatable bonds is 3. The number of benzene rings is 1. The zero-order valence-corrected chi connectivity index (χ0v) is 11.6. The maximum absolute atomic E-state index is 11.4. The highest BCUT2D eigenvalue weighted by Crippen LogP contribution is 2.26. The Labute approximate surface area is 105 Å². The van der Waals surface area contributed by atoms with E-state index < -0.39 is 6.04 Å². The Morgan fingerprint density at radius 3 is 2.53 bits per heavy atom. The third-order valence-corrected chi connectivity index (χ3v) is 3.88. The molecule has 1 unspecified atom stereocenters. The zero-order valence-electron chi connectivity index (χ0n) is 8.38. The second kappa shape index (κ2) is 5.63. The third kappa shape index (κ3) is 3.03. The van der Waals surface area contributed by atoms with Crippen molar-refractivity contribution in [2.75, 3.05) is 14.2 Å². The summed E-state index contributed by atoms with van der Waals surface area (Å²) < 4.78 is 6.56. The average molecular weight is 337 g/mol. The number of methoxy groups -OCH3 is 1. The summed E-state index contributed by atoms with van der Waals surface area (Å²) in [5.41, 5.74) is 0.861. The van der Waals surface area contributed by atoms with Gasteiger partial charge in [0.2, 0.25) is 0 Å². The van der Waals surface area contributed by atoms with Crippen molar-refractivity contribution < 1.29 is 9.53 Å². The Bertz CT molecular complexity index is 368. The highest BCUT2D eigenvalue weighted by atomic mass is 79.9. The van der Waals surface area contributed by atoms with Crippen LogP contribution in [0.1, 0.15) is 11.6 Å². The van der Waals surface area contributed by atoms with E-state index in [4.69, 9.17) is 4.74 Å². The molecule has 1 aromatic carbocycles. The molecule has 1 atom stereocenters. The number of ether oxygens (including phenoxy) is 1. The average Bonchev–Trinajstić information content (AvgIpc) is 2.24. The van der Waals surface area contributed by atoms with E-state index in [2.05, 4.69) is 37.2 Å². The molecule has 0 aromatic heterocycles. The van der Waals surface area contributed by atoms with Crippen molar-refractivity contribution in [3.8, 4) is 0 Å². The number of nitrogens with one attached hydrogen (secondary N) is 1. The van der Waals surface area contributed by atoms with Crippen molar-refractivity contribution >= 4 is 37.8 Å². The molecule has 1 aromatic rings. The van der Waals surface area contributed by atoms with Crippen LogP contribution in [0.2, 0.25) is 0 Å². The monoisotopic (exact) mass is 335 g/mol. The van der Waals surface area contributed by atoms with E-state index in [9.17, 15) is 4.79 Å². The Morgan fingerprint density at radius 2 is 2.07 bits per heavy atom. The van der Waals surface area contributed by atoms with Gasteiger partial charge >= 0.3 is 5.97 Å². The van der Waals surface area contributed by atoms with Crippen LogP contribution < -0.4 is 5.32 Å². The quantitative estimate of drug-likeness (QED) is 0.862. The Balaban J connectivity index is 3.02. The summed E-state index contributed by atoms with van der Waals surface area (Å²) in [6, 6.07) is 5.20. The summed E-state index contributed by atoms with van der Waals surface area (Å²) in [6.07, 6.45) is 0. The second-order valence-corrected chi connectivity index (χ2v) is 4.63. The van der Waals surface area contributed by atoms with E-state index in [1.165, 1.54) is 7.11 Å². The lowest BCUT2D eigenvalue weighted by molar-refractivity contribution is -0.143. The van der Waals surface area contributed by atoms with Crippen LogP contribution in [0.15, 0.2) is 27.1 Å². The van der Waals surface area contributed by atoms with Crippen LogP contribution in [0, 0.1) is 0 Å². The Kier molecular flexibility index (Phi) is 4.76. The number of carbonyl (C=O) groups excluding carboxylic acids is 1. The molecule has 1 rings (SSSR count). The van der Waals surface area contributed by atoms with Gasteiger partial charge in [-0.2, -0.15) is 0 Å². The molecule has 0 heterocycles. The molecule has 0 fully saturated rings. The molecule has 0 spiro atoms. The summed E-state index contributed by atoms with van der Waals surface area (Å²) in [6.45, 7) is 0.